The van der Waals surface area contributed by atoms with Crippen molar-refractivity contribution in [2.75, 3.05) is 31.1 Å². The molecule has 2 aromatic heterocycles. The van der Waals surface area contributed by atoms with Crippen molar-refractivity contribution in [3.63, 3.8) is 0 Å². The standard InChI is InChI=1S/C36H45N5.C2H6/c1-7-9-28(10-8-2)18-35-33-19-29(11-12-34(33)39-23-40-35)26(5)32-20-31(22-38-27(32)6)30-17-24(3)25(4)36(21-30)41-15-13-37-14-16-41;1-2/h11-12,17,19-23,28,37H,5,7-10,13-16,18H2,1-4,6H3;1-2H3. The van der Waals surface area contributed by atoms with Crippen molar-refractivity contribution in [2.45, 2.75) is 80.6 Å². The number of hydrogen-bond donors (Lipinski definition) is 1. The molecule has 0 bridgehead atoms. The topological polar surface area (TPSA) is 53.9 Å². The van der Waals surface area contributed by atoms with E-state index in [0.29, 0.717) is 5.92 Å². The lowest BCUT2D eigenvalue weighted by atomic mass is 9.90. The molecule has 3 heterocycles. The van der Waals surface area contributed by atoms with Gasteiger partial charge in [0.1, 0.15) is 6.33 Å². The van der Waals surface area contributed by atoms with Gasteiger partial charge in [0.15, 0.2) is 0 Å². The van der Waals surface area contributed by atoms with Crippen LogP contribution in [0.5, 0.6) is 0 Å². The van der Waals surface area contributed by atoms with Crippen molar-refractivity contribution < 1.29 is 0 Å². The highest BCUT2D eigenvalue weighted by molar-refractivity contribution is 5.89. The molecule has 2 aromatic carbocycles. The van der Waals surface area contributed by atoms with Crippen LogP contribution in [0.1, 0.15) is 87.0 Å². The fourth-order valence-electron chi connectivity index (χ4n) is 6.29. The average Bonchev–Trinajstić information content (AvgIpc) is 3.04. The molecule has 228 valence electrons. The summed E-state index contributed by atoms with van der Waals surface area (Å²) in [6.45, 7) is 23.8. The van der Waals surface area contributed by atoms with E-state index in [-0.39, 0.29) is 0 Å². The number of fused-ring (bicyclic) bond motifs is 1. The number of nitrogens with one attached hydrogen (secondary N) is 1. The van der Waals surface area contributed by atoms with Gasteiger partial charge in [-0.2, -0.15) is 0 Å². The fourth-order valence-corrected chi connectivity index (χ4v) is 6.29. The van der Waals surface area contributed by atoms with Gasteiger partial charge in [-0.3, -0.25) is 4.98 Å². The van der Waals surface area contributed by atoms with Crippen LogP contribution in [0, 0.1) is 26.7 Å². The normalized spacial score (nSPS) is 13.3. The van der Waals surface area contributed by atoms with Crippen molar-refractivity contribution in [1.82, 2.24) is 20.3 Å². The molecule has 5 rings (SSSR count). The minimum Gasteiger partial charge on any atom is -0.369 e. The van der Waals surface area contributed by atoms with E-state index in [1.165, 1.54) is 48.1 Å². The number of pyridine rings is 1. The van der Waals surface area contributed by atoms with Crippen molar-refractivity contribution in [3.8, 4) is 11.1 Å². The summed E-state index contributed by atoms with van der Waals surface area (Å²) in [6, 6.07) is 13.4. The van der Waals surface area contributed by atoms with E-state index < -0.39 is 0 Å². The Kier molecular flexibility index (Phi) is 11.5. The largest absolute Gasteiger partial charge is 0.369 e. The number of benzene rings is 2. The number of nitrogens with zero attached hydrogens (tertiary/aromatic N) is 4. The van der Waals surface area contributed by atoms with Crippen molar-refractivity contribution in [1.29, 1.82) is 0 Å². The molecule has 0 spiro atoms. The molecule has 5 nitrogen and oxygen atoms in total. The first-order valence-electron chi connectivity index (χ1n) is 16.4. The molecule has 0 radical (unpaired) electrons. The molecule has 1 aliphatic heterocycles. The Morgan fingerprint density at radius 3 is 2.33 bits per heavy atom. The third-order valence-electron chi connectivity index (χ3n) is 8.79. The Hall–Kier alpha value is -3.57. The second-order valence-electron chi connectivity index (χ2n) is 11.7. The van der Waals surface area contributed by atoms with E-state index in [2.05, 4.69) is 92.8 Å². The minimum absolute atomic E-state index is 0.655. The lowest BCUT2D eigenvalue weighted by Crippen LogP contribution is -2.43. The number of aromatic nitrogens is 3. The molecule has 1 aliphatic rings. The van der Waals surface area contributed by atoms with Crippen LogP contribution in [0.3, 0.4) is 0 Å². The number of aryl methyl sites for hydroxylation is 2. The first kappa shape index (κ1) is 32.3. The zero-order valence-corrected chi connectivity index (χ0v) is 27.6. The summed E-state index contributed by atoms with van der Waals surface area (Å²) in [4.78, 5) is 16.7. The Morgan fingerprint density at radius 1 is 0.907 bits per heavy atom. The molecule has 0 saturated carbocycles. The molecule has 1 saturated heterocycles. The van der Waals surface area contributed by atoms with Gasteiger partial charge in [0.05, 0.1) is 11.2 Å². The highest BCUT2D eigenvalue weighted by atomic mass is 15.2. The van der Waals surface area contributed by atoms with Crippen LogP contribution in [-0.2, 0) is 6.42 Å². The minimum atomic E-state index is 0.655. The Bertz CT molecular complexity index is 1530. The third-order valence-corrected chi connectivity index (χ3v) is 8.79. The predicted octanol–water partition coefficient (Wildman–Crippen LogP) is 8.87. The van der Waals surface area contributed by atoms with E-state index in [4.69, 9.17) is 9.97 Å². The number of piperazine rings is 1. The van der Waals surface area contributed by atoms with Gasteiger partial charge in [0, 0.05) is 60.3 Å². The summed E-state index contributed by atoms with van der Waals surface area (Å²) in [7, 11) is 0. The van der Waals surface area contributed by atoms with Gasteiger partial charge >= 0.3 is 0 Å². The molecule has 0 atom stereocenters. The van der Waals surface area contributed by atoms with Gasteiger partial charge in [0.25, 0.3) is 0 Å². The Labute approximate surface area is 259 Å². The lowest BCUT2D eigenvalue weighted by Gasteiger charge is -2.31. The van der Waals surface area contributed by atoms with Crippen LogP contribution in [-0.4, -0.2) is 41.1 Å². The molecule has 1 N–H and O–H groups in total. The number of hydrogen-bond acceptors (Lipinski definition) is 5. The first-order valence-corrected chi connectivity index (χ1v) is 16.4. The predicted molar refractivity (Wildman–Crippen MR) is 185 cm³/mol. The second kappa shape index (κ2) is 15.2. The molecule has 0 amide bonds. The smallest absolute Gasteiger partial charge is 0.116 e. The lowest BCUT2D eigenvalue weighted by molar-refractivity contribution is 0.435. The molecule has 4 aromatic rings. The zero-order valence-electron chi connectivity index (χ0n) is 27.6. The summed E-state index contributed by atoms with van der Waals surface area (Å²) >= 11 is 0. The average molecular weight is 578 g/mol. The fraction of sp³-hybridized carbons (Fsp3) is 0.447. The Morgan fingerprint density at radius 2 is 1.63 bits per heavy atom. The van der Waals surface area contributed by atoms with E-state index in [9.17, 15) is 0 Å². The van der Waals surface area contributed by atoms with Gasteiger partial charge in [-0.1, -0.05) is 72.1 Å². The van der Waals surface area contributed by atoms with E-state index in [1.54, 1.807) is 6.33 Å². The maximum atomic E-state index is 4.85. The van der Waals surface area contributed by atoms with Crippen molar-refractivity contribution in [2.24, 2.45) is 5.92 Å². The highest BCUT2D eigenvalue weighted by Crippen LogP contribution is 2.34. The third kappa shape index (κ3) is 7.51. The zero-order chi connectivity index (χ0) is 30.9. The first-order chi connectivity index (χ1) is 20.9. The molecule has 0 aliphatic carbocycles. The van der Waals surface area contributed by atoms with Crippen LogP contribution in [0.15, 0.2) is 55.5 Å². The van der Waals surface area contributed by atoms with Gasteiger partial charge in [-0.15, -0.1) is 0 Å². The Balaban J connectivity index is 0.00000207. The van der Waals surface area contributed by atoms with Gasteiger partial charge in [-0.25, -0.2) is 9.97 Å². The van der Waals surface area contributed by atoms with Crippen molar-refractivity contribution >= 4 is 22.2 Å². The number of anilines is 1. The summed E-state index contributed by atoms with van der Waals surface area (Å²) in [5, 5.41) is 4.61. The summed E-state index contributed by atoms with van der Waals surface area (Å²) < 4.78 is 0. The van der Waals surface area contributed by atoms with Gasteiger partial charge in [0.2, 0.25) is 0 Å². The second-order valence-corrected chi connectivity index (χ2v) is 11.7. The van der Waals surface area contributed by atoms with Crippen LogP contribution < -0.4 is 10.2 Å². The summed E-state index contributed by atoms with van der Waals surface area (Å²) in [5.41, 5.74) is 12.6. The van der Waals surface area contributed by atoms with Gasteiger partial charge in [-0.05, 0) is 85.2 Å². The molecule has 1 fully saturated rings. The van der Waals surface area contributed by atoms with Gasteiger partial charge < -0.3 is 10.2 Å². The van der Waals surface area contributed by atoms with Crippen LogP contribution in [0.25, 0.3) is 27.6 Å². The maximum absolute atomic E-state index is 4.85. The molecular weight excluding hydrogens is 526 g/mol. The summed E-state index contributed by atoms with van der Waals surface area (Å²) in [6.07, 6.45) is 9.60. The van der Waals surface area contributed by atoms with E-state index in [1.807, 2.05) is 20.0 Å². The molecule has 43 heavy (non-hydrogen) atoms. The quantitative estimate of drug-likeness (QED) is 0.204. The van der Waals surface area contributed by atoms with Crippen LogP contribution in [0.4, 0.5) is 5.69 Å². The molecular formula is C38H51N5. The number of rotatable bonds is 10. The maximum Gasteiger partial charge on any atom is 0.116 e. The SMILES string of the molecule is C=C(c1ccc2ncnc(CC(CCC)CCC)c2c1)c1cc(-c2cc(C)c(C)c(N3CCNCC3)c2)cnc1C.CC. The summed E-state index contributed by atoms with van der Waals surface area (Å²) in [5.74, 6) is 0.655. The van der Waals surface area contributed by atoms with Crippen molar-refractivity contribution in [3.05, 3.63) is 89.1 Å². The van der Waals surface area contributed by atoms with Crippen LogP contribution >= 0.6 is 0 Å². The monoisotopic (exact) mass is 577 g/mol. The molecule has 0 unspecified atom stereocenters. The highest BCUT2D eigenvalue weighted by Gasteiger charge is 2.18. The van der Waals surface area contributed by atoms with E-state index in [0.717, 1.165) is 77.2 Å². The van der Waals surface area contributed by atoms with E-state index >= 15 is 0 Å². The molecule has 5 heteroatoms. The van der Waals surface area contributed by atoms with Crippen LogP contribution in [0.2, 0.25) is 0 Å².